The summed E-state index contributed by atoms with van der Waals surface area (Å²) in [6.07, 6.45) is 0. The Hall–Kier alpha value is -2.01. The molecule has 3 aromatic rings. The van der Waals surface area contributed by atoms with Gasteiger partial charge in [-0.3, -0.25) is 4.57 Å². The van der Waals surface area contributed by atoms with Gasteiger partial charge in [-0.25, -0.2) is 4.79 Å². The van der Waals surface area contributed by atoms with Gasteiger partial charge in [0.25, 0.3) is 0 Å². The van der Waals surface area contributed by atoms with Crippen LogP contribution in [0, 0.1) is 0 Å². The number of H-pyrrole nitrogens is 1. The van der Waals surface area contributed by atoms with Gasteiger partial charge >= 0.3 is 5.69 Å². The molecule has 1 aromatic heterocycles. The van der Waals surface area contributed by atoms with Gasteiger partial charge in [0.15, 0.2) is 0 Å². The van der Waals surface area contributed by atoms with Crippen molar-refractivity contribution in [2.75, 3.05) is 0 Å². The molecule has 1 heterocycles. The van der Waals surface area contributed by atoms with Crippen molar-refractivity contribution in [1.82, 2.24) is 9.55 Å². The third kappa shape index (κ3) is 1.64. The first kappa shape index (κ1) is 11.1. The van der Waals surface area contributed by atoms with Crippen LogP contribution >= 0.6 is 15.9 Å². The van der Waals surface area contributed by atoms with E-state index in [9.17, 15) is 9.90 Å². The van der Waals surface area contributed by atoms with Crippen molar-refractivity contribution in [1.29, 1.82) is 0 Å². The molecule has 5 heteroatoms. The molecule has 0 unspecified atom stereocenters. The highest BCUT2D eigenvalue weighted by Crippen LogP contribution is 2.24. The molecule has 0 aliphatic rings. The highest BCUT2D eigenvalue weighted by Gasteiger charge is 2.11. The molecular formula is C13H9BrN2O2. The van der Waals surface area contributed by atoms with Crippen molar-refractivity contribution in [2.24, 2.45) is 0 Å². The van der Waals surface area contributed by atoms with E-state index in [2.05, 4.69) is 20.9 Å². The quantitative estimate of drug-likeness (QED) is 0.726. The number of aromatic hydroxyl groups is 1. The summed E-state index contributed by atoms with van der Waals surface area (Å²) in [6, 6.07) is 12.3. The summed E-state index contributed by atoms with van der Waals surface area (Å²) < 4.78 is 2.39. The van der Waals surface area contributed by atoms with Crippen molar-refractivity contribution in [3.8, 4) is 11.4 Å². The maximum atomic E-state index is 12.0. The number of hydrogen-bond donors (Lipinski definition) is 2. The molecule has 90 valence electrons. The predicted octanol–water partition coefficient (Wildman–Crippen LogP) is 2.79. The van der Waals surface area contributed by atoms with Gasteiger partial charge in [0.1, 0.15) is 11.3 Å². The van der Waals surface area contributed by atoms with Crippen molar-refractivity contribution in [2.45, 2.75) is 0 Å². The monoisotopic (exact) mass is 304 g/mol. The number of rotatable bonds is 1. The van der Waals surface area contributed by atoms with Gasteiger partial charge in [0.2, 0.25) is 0 Å². The van der Waals surface area contributed by atoms with E-state index in [1.54, 1.807) is 18.2 Å². The van der Waals surface area contributed by atoms with Crippen molar-refractivity contribution in [3.63, 3.8) is 0 Å². The Morgan fingerprint density at radius 3 is 2.56 bits per heavy atom. The van der Waals surface area contributed by atoms with E-state index in [0.717, 1.165) is 4.47 Å². The molecule has 2 N–H and O–H groups in total. The van der Waals surface area contributed by atoms with E-state index in [-0.39, 0.29) is 11.4 Å². The van der Waals surface area contributed by atoms with Crippen LogP contribution in [-0.4, -0.2) is 14.7 Å². The second-order valence-electron chi connectivity index (χ2n) is 3.92. The summed E-state index contributed by atoms with van der Waals surface area (Å²) in [5.74, 6) is 0.0776. The number of nitrogens with zero attached hydrogens (tertiary/aromatic N) is 1. The number of phenols is 1. The highest BCUT2D eigenvalue weighted by atomic mass is 79.9. The van der Waals surface area contributed by atoms with Crippen LogP contribution in [0.25, 0.3) is 16.7 Å². The Kier molecular flexibility index (Phi) is 2.48. The van der Waals surface area contributed by atoms with Crippen LogP contribution in [0.2, 0.25) is 0 Å². The third-order valence-corrected chi connectivity index (χ3v) is 3.30. The zero-order valence-corrected chi connectivity index (χ0v) is 10.8. The fraction of sp³-hybridized carbons (Fsp3) is 0. The number of aromatic amines is 1. The van der Waals surface area contributed by atoms with E-state index >= 15 is 0 Å². The Morgan fingerprint density at radius 1 is 1.11 bits per heavy atom. The number of aromatic nitrogens is 2. The molecule has 18 heavy (non-hydrogen) atoms. The molecule has 4 nitrogen and oxygen atoms in total. The fourth-order valence-electron chi connectivity index (χ4n) is 1.98. The van der Waals surface area contributed by atoms with Crippen LogP contribution in [0.4, 0.5) is 0 Å². The van der Waals surface area contributed by atoms with Crippen LogP contribution in [0.3, 0.4) is 0 Å². The molecule has 2 aromatic carbocycles. The number of imidazole rings is 1. The number of benzene rings is 2. The molecular weight excluding hydrogens is 296 g/mol. The molecule has 0 saturated heterocycles. The van der Waals surface area contributed by atoms with Crippen LogP contribution in [0.1, 0.15) is 0 Å². The minimum absolute atomic E-state index is 0.0776. The predicted molar refractivity (Wildman–Crippen MR) is 73.3 cm³/mol. The number of para-hydroxylation sites is 1. The summed E-state index contributed by atoms with van der Waals surface area (Å²) in [6.45, 7) is 0. The van der Waals surface area contributed by atoms with Gasteiger partial charge in [-0.1, -0.05) is 22.0 Å². The van der Waals surface area contributed by atoms with Crippen molar-refractivity contribution < 1.29 is 5.11 Å². The first-order valence-electron chi connectivity index (χ1n) is 5.35. The average molecular weight is 305 g/mol. The molecule has 0 bridgehead atoms. The first-order chi connectivity index (χ1) is 8.66. The number of hydrogen-bond acceptors (Lipinski definition) is 2. The topological polar surface area (TPSA) is 58.0 Å². The number of phenolic OH excluding ortho intramolecular Hbond substituents is 1. The van der Waals surface area contributed by atoms with Crippen molar-refractivity contribution in [3.05, 3.63) is 57.4 Å². The minimum atomic E-state index is -0.270. The van der Waals surface area contributed by atoms with Gasteiger partial charge in [-0.2, -0.15) is 0 Å². The minimum Gasteiger partial charge on any atom is -0.506 e. The zero-order chi connectivity index (χ0) is 12.7. The van der Waals surface area contributed by atoms with Crippen LogP contribution in [0.15, 0.2) is 51.7 Å². The standard InChI is InChI=1S/C13H9BrN2O2/c14-8-4-6-9(7-5-8)16-12-10(15-13(16)18)2-1-3-11(12)17/h1-7,17H,(H,15,18). The largest absolute Gasteiger partial charge is 0.506 e. The maximum absolute atomic E-state index is 12.0. The first-order valence-corrected chi connectivity index (χ1v) is 6.15. The van der Waals surface area contributed by atoms with E-state index in [4.69, 9.17) is 0 Å². The molecule has 3 rings (SSSR count). The Labute approximate surface area is 111 Å². The zero-order valence-electron chi connectivity index (χ0n) is 9.22. The Morgan fingerprint density at radius 2 is 1.83 bits per heavy atom. The lowest BCUT2D eigenvalue weighted by molar-refractivity contribution is 0.479. The molecule has 0 spiro atoms. The lowest BCUT2D eigenvalue weighted by Crippen LogP contribution is -2.14. The van der Waals surface area contributed by atoms with Crippen LogP contribution in [-0.2, 0) is 0 Å². The molecule has 0 saturated carbocycles. The molecule has 0 fully saturated rings. The van der Waals surface area contributed by atoms with Gasteiger partial charge in [0.05, 0.1) is 11.2 Å². The Bertz CT molecular complexity index is 772. The molecule has 0 aliphatic heterocycles. The second kappa shape index (κ2) is 4.03. The number of halogens is 1. The summed E-state index contributed by atoms with van der Waals surface area (Å²) in [5.41, 5.74) is 1.54. The SMILES string of the molecule is O=c1[nH]c2cccc(O)c2n1-c1ccc(Br)cc1. The molecule has 0 atom stereocenters. The summed E-state index contributed by atoms with van der Waals surface area (Å²) >= 11 is 3.35. The summed E-state index contributed by atoms with van der Waals surface area (Å²) in [4.78, 5) is 14.7. The summed E-state index contributed by atoms with van der Waals surface area (Å²) in [5, 5.41) is 9.89. The van der Waals surface area contributed by atoms with E-state index in [1.807, 2.05) is 24.3 Å². The maximum Gasteiger partial charge on any atom is 0.331 e. The third-order valence-electron chi connectivity index (χ3n) is 2.77. The van der Waals surface area contributed by atoms with Crippen LogP contribution in [0.5, 0.6) is 5.75 Å². The van der Waals surface area contributed by atoms with Crippen molar-refractivity contribution >= 4 is 27.0 Å². The Balaban J connectivity index is 2.38. The van der Waals surface area contributed by atoms with E-state index in [1.165, 1.54) is 4.57 Å². The highest BCUT2D eigenvalue weighted by molar-refractivity contribution is 9.10. The lowest BCUT2D eigenvalue weighted by atomic mass is 10.2. The van der Waals surface area contributed by atoms with Crippen LogP contribution < -0.4 is 5.69 Å². The molecule has 0 radical (unpaired) electrons. The lowest BCUT2D eigenvalue weighted by Gasteiger charge is -2.04. The van der Waals surface area contributed by atoms with E-state index < -0.39 is 0 Å². The fourth-order valence-corrected chi connectivity index (χ4v) is 2.24. The normalized spacial score (nSPS) is 10.9. The molecule has 0 amide bonds. The van der Waals surface area contributed by atoms with Gasteiger partial charge in [-0.15, -0.1) is 0 Å². The van der Waals surface area contributed by atoms with E-state index in [0.29, 0.717) is 16.7 Å². The number of nitrogens with one attached hydrogen (secondary N) is 1. The van der Waals surface area contributed by atoms with Gasteiger partial charge < -0.3 is 10.1 Å². The number of fused-ring (bicyclic) bond motifs is 1. The average Bonchev–Trinajstić information content (AvgIpc) is 2.68. The van der Waals surface area contributed by atoms with Gasteiger partial charge in [-0.05, 0) is 36.4 Å². The summed E-state index contributed by atoms with van der Waals surface area (Å²) in [7, 11) is 0. The smallest absolute Gasteiger partial charge is 0.331 e. The van der Waals surface area contributed by atoms with Gasteiger partial charge in [0, 0.05) is 4.47 Å². The molecule has 0 aliphatic carbocycles. The second-order valence-corrected chi connectivity index (χ2v) is 4.83.